The molecule has 0 aliphatic rings. The Kier molecular flexibility index (Phi) is 5.38. The third-order valence-electron chi connectivity index (χ3n) is 10.3. The van der Waals surface area contributed by atoms with Crippen LogP contribution in [0.3, 0.4) is 0 Å². The molecule has 0 saturated heterocycles. The van der Waals surface area contributed by atoms with Gasteiger partial charge in [0.1, 0.15) is 5.58 Å². The topological polar surface area (TPSA) is 23.0 Å². The molecule has 0 saturated carbocycles. The van der Waals surface area contributed by atoms with Crippen LogP contribution in [0, 0.1) is 0 Å². The molecule has 0 fully saturated rings. The van der Waals surface area contributed by atoms with Crippen molar-refractivity contribution in [3.8, 4) is 22.5 Å². The van der Waals surface area contributed by atoms with Crippen LogP contribution < -0.4 is 0 Å². The van der Waals surface area contributed by atoms with Gasteiger partial charge in [-0.2, -0.15) is 0 Å². The summed E-state index contributed by atoms with van der Waals surface area (Å²) in [6.07, 6.45) is 0. The van der Waals surface area contributed by atoms with Crippen LogP contribution in [-0.2, 0) is 0 Å². The van der Waals surface area contributed by atoms with E-state index in [9.17, 15) is 0 Å². The van der Waals surface area contributed by atoms with E-state index in [0.29, 0.717) is 0 Å². The summed E-state index contributed by atoms with van der Waals surface area (Å²) in [6.45, 7) is 0. The number of furan rings is 1. The molecule has 11 rings (SSSR count). The van der Waals surface area contributed by atoms with Gasteiger partial charge in [-0.1, -0.05) is 115 Å². The van der Waals surface area contributed by atoms with Crippen LogP contribution in [0.25, 0.3) is 98.8 Å². The smallest absolute Gasteiger partial charge is 0.159 e. The van der Waals surface area contributed by atoms with Crippen molar-refractivity contribution in [2.45, 2.75) is 0 Å². The van der Waals surface area contributed by atoms with Gasteiger partial charge in [0.2, 0.25) is 0 Å². The molecule has 3 nitrogen and oxygen atoms in total. The maximum atomic E-state index is 6.51. The number of hydrogen-bond acceptors (Lipinski definition) is 1. The van der Waals surface area contributed by atoms with Crippen LogP contribution in [0.1, 0.15) is 0 Å². The molecule has 3 heterocycles. The van der Waals surface area contributed by atoms with Gasteiger partial charge in [0.15, 0.2) is 5.58 Å². The Morgan fingerprint density at radius 1 is 0.327 bits per heavy atom. The molecular formula is C46H28N2O. The first-order valence-electron chi connectivity index (χ1n) is 16.8. The quantitative estimate of drug-likeness (QED) is 0.192. The fraction of sp³-hybridized carbons (Fsp3) is 0. The molecule has 0 unspecified atom stereocenters. The summed E-state index contributed by atoms with van der Waals surface area (Å²) in [6, 6.07) is 61.3. The molecule has 3 aromatic heterocycles. The van der Waals surface area contributed by atoms with Crippen LogP contribution in [-0.4, -0.2) is 9.13 Å². The first kappa shape index (κ1) is 26.5. The Morgan fingerprint density at radius 3 is 1.53 bits per heavy atom. The lowest BCUT2D eigenvalue weighted by molar-refractivity contribution is 0.666. The largest absolute Gasteiger partial charge is 0.454 e. The first-order chi connectivity index (χ1) is 24.3. The fourth-order valence-electron chi connectivity index (χ4n) is 8.14. The molecule has 0 aliphatic heterocycles. The highest BCUT2D eigenvalue weighted by Gasteiger charge is 2.19. The van der Waals surface area contributed by atoms with Crippen molar-refractivity contribution in [1.29, 1.82) is 0 Å². The Bertz CT molecular complexity index is 3110. The van der Waals surface area contributed by atoms with Crippen LogP contribution >= 0.6 is 0 Å². The minimum atomic E-state index is 0.906. The maximum Gasteiger partial charge on any atom is 0.159 e. The molecule has 3 heteroatoms. The van der Waals surface area contributed by atoms with E-state index in [-0.39, 0.29) is 0 Å². The Hall–Kier alpha value is -6.58. The number of hydrogen-bond donors (Lipinski definition) is 0. The van der Waals surface area contributed by atoms with E-state index < -0.39 is 0 Å². The lowest BCUT2D eigenvalue weighted by Crippen LogP contribution is -1.95. The highest BCUT2D eigenvalue weighted by Crippen LogP contribution is 2.41. The van der Waals surface area contributed by atoms with Crippen molar-refractivity contribution in [2.75, 3.05) is 0 Å². The molecule has 0 aliphatic carbocycles. The van der Waals surface area contributed by atoms with E-state index in [1.807, 2.05) is 12.1 Å². The molecule has 0 bridgehead atoms. The summed E-state index contributed by atoms with van der Waals surface area (Å²) in [5, 5.41) is 9.71. The highest BCUT2D eigenvalue weighted by atomic mass is 16.3. The molecular weight excluding hydrogens is 597 g/mol. The number of nitrogens with zero attached hydrogens (tertiary/aromatic N) is 2. The van der Waals surface area contributed by atoms with Crippen LogP contribution in [0.2, 0.25) is 0 Å². The van der Waals surface area contributed by atoms with Gasteiger partial charge >= 0.3 is 0 Å². The molecule has 11 aromatic rings. The molecule has 49 heavy (non-hydrogen) atoms. The second kappa shape index (κ2) is 9.96. The van der Waals surface area contributed by atoms with Crippen LogP contribution in [0.5, 0.6) is 0 Å². The van der Waals surface area contributed by atoms with Crippen molar-refractivity contribution in [3.63, 3.8) is 0 Å². The average molecular weight is 625 g/mol. The summed E-state index contributed by atoms with van der Waals surface area (Å²) >= 11 is 0. The highest BCUT2D eigenvalue weighted by molar-refractivity contribution is 6.15. The van der Waals surface area contributed by atoms with Gasteiger partial charge in [0, 0.05) is 37.7 Å². The third kappa shape index (κ3) is 3.73. The van der Waals surface area contributed by atoms with Crippen molar-refractivity contribution in [1.82, 2.24) is 9.13 Å². The Morgan fingerprint density at radius 2 is 0.816 bits per heavy atom. The van der Waals surface area contributed by atoms with Crippen molar-refractivity contribution < 1.29 is 4.42 Å². The second-order valence-corrected chi connectivity index (χ2v) is 12.9. The molecule has 0 amide bonds. The second-order valence-electron chi connectivity index (χ2n) is 12.9. The summed E-state index contributed by atoms with van der Waals surface area (Å²) in [5.41, 5.74) is 11.2. The maximum absolute atomic E-state index is 6.51. The van der Waals surface area contributed by atoms with Gasteiger partial charge in [-0.15, -0.1) is 0 Å². The Balaban J connectivity index is 1.13. The summed E-state index contributed by atoms with van der Waals surface area (Å²) in [7, 11) is 0. The van der Waals surface area contributed by atoms with E-state index in [2.05, 4.69) is 167 Å². The third-order valence-corrected chi connectivity index (χ3v) is 10.3. The van der Waals surface area contributed by atoms with Crippen molar-refractivity contribution in [3.05, 3.63) is 170 Å². The molecule has 228 valence electrons. The molecule has 8 aromatic carbocycles. The standard InChI is InChI=1S/C46H28N2O/c1-2-13-32-29(11-1)12-9-20-39(32)47-40-18-6-3-14-33(40)37-27-30(23-25-42(37)47)31-24-26-43-38(28-31)34-15-4-7-19-41(34)48(43)44-21-10-17-36-35-16-5-8-22-45(35)49-46(36)44/h1-28H. The van der Waals surface area contributed by atoms with Gasteiger partial charge < -0.3 is 13.6 Å². The normalized spacial score (nSPS) is 12.1. The summed E-state index contributed by atoms with van der Waals surface area (Å²) in [5.74, 6) is 0. The van der Waals surface area contributed by atoms with Gasteiger partial charge in [-0.05, 0) is 71.1 Å². The van der Waals surface area contributed by atoms with Crippen LogP contribution in [0.15, 0.2) is 174 Å². The monoisotopic (exact) mass is 624 g/mol. The predicted molar refractivity (Wildman–Crippen MR) is 205 cm³/mol. The van der Waals surface area contributed by atoms with Crippen molar-refractivity contribution >= 4 is 76.3 Å². The number of benzene rings is 8. The average Bonchev–Trinajstić information content (AvgIpc) is 3.82. The van der Waals surface area contributed by atoms with E-state index >= 15 is 0 Å². The van der Waals surface area contributed by atoms with E-state index in [0.717, 1.165) is 38.7 Å². The summed E-state index contributed by atoms with van der Waals surface area (Å²) in [4.78, 5) is 0. The van der Waals surface area contributed by atoms with Crippen LogP contribution in [0.4, 0.5) is 0 Å². The minimum absolute atomic E-state index is 0.906. The summed E-state index contributed by atoms with van der Waals surface area (Å²) < 4.78 is 11.3. The van der Waals surface area contributed by atoms with Gasteiger partial charge in [0.05, 0.1) is 33.4 Å². The molecule has 0 N–H and O–H groups in total. The number of para-hydroxylation sites is 4. The lowest BCUT2D eigenvalue weighted by atomic mass is 10.0. The number of fused-ring (bicyclic) bond motifs is 10. The molecule has 0 radical (unpaired) electrons. The minimum Gasteiger partial charge on any atom is -0.454 e. The zero-order valence-corrected chi connectivity index (χ0v) is 26.5. The number of aromatic nitrogens is 2. The predicted octanol–water partition coefficient (Wildman–Crippen LogP) is 12.6. The zero-order valence-electron chi connectivity index (χ0n) is 26.5. The number of rotatable bonds is 3. The van der Waals surface area contributed by atoms with Gasteiger partial charge in [0.25, 0.3) is 0 Å². The zero-order chi connectivity index (χ0) is 32.1. The first-order valence-corrected chi connectivity index (χ1v) is 16.8. The van der Waals surface area contributed by atoms with E-state index in [4.69, 9.17) is 4.42 Å². The van der Waals surface area contributed by atoms with E-state index in [1.165, 1.54) is 60.2 Å². The van der Waals surface area contributed by atoms with Crippen molar-refractivity contribution in [2.24, 2.45) is 0 Å². The molecule has 0 spiro atoms. The van der Waals surface area contributed by atoms with E-state index in [1.54, 1.807) is 0 Å². The SMILES string of the molecule is c1ccc2c(-n3c4ccccc4c4cc(-c5ccc6c(c5)c5ccccc5n6-c5cccc6c5oc5ccccc56)ccc43)cccc2c1. The molecule has 0 atom stereocenters. The fourth-order valence-corrected chi connectivity index (χ4v) is 8.14. The Labute approximate surface area is 281 Å². The van der Waals surface area contributed by atoms with Gasteiger partial charge in [-0.3, -0.25) is 0 Å². The van der Waals surface area contributed by atoms with Gasteiger partial charge in [-0.25, -0.2) is 0 Å². The lowest BCUT2D eigenvalue weighted by Gasteiger charge is -2.12.